The molecule has 0 atom stereocenters. The van der Waals surface area contributed by atoms with E-state index in [4.69, 9.17) is 4.74 Å². The molecule has 0 aliphatic heterocycles. The standard InChI is InChI=1S/C16H14FN3O2/c1-22-14-9-5-2-6-11(14)10-15-18-19-16(21)20(15)13-8-4-3-7-12(13)17/h2-9H,10H2,1H3,(H,19,21). The van der Waals surface area contributed by atoms with Gasteiger partial charge in [-0.1, -0.05) is 30.3 Å². The molecule has 0 fully saturated rings. The number of aromatic nitrogens is 3. The molecule has 1 N–H and O–H groups in total. The number of nitrogens with one attached hydrogen (secondary N) is 1. The van der Waals surface area contributed by atoms with Gasteiger partial charge in [0.1, 0.15) is 17.4 Å². The van der Waals surface area contributed by atoms with Crippen LogP contribution in [0.2, 0.25) is 0 Å². The molecule has 3 aromatic rings. The van der Waals surface area contributed by atoms with E-state index in [9.17, 15) is 9.18 Å². The van der Waals surface area contributed by atoms with E-state index in [0.29, 0.717) is 18.0 Å². The number of aromatic amines is 1. The number of rotatable bonds is 4. The average Bonchev–Trinajstić information content (AvgIpc) is 2.89. The largest absolute Gasteiger partial charge is 0.496 e. The summed E-state index contributed by atoms with van der Waals surface area (Å²) in [7, 11) is 1.58. The van der Waals surface area contributed by atoms with Crippen LogP contribution in [0, 0.1) is 5.82 Å². The maximum Gasteiger partial charge on any atom is 0.348 e. The predicted octanol–water partition coefficient (Wildman–Crippen LogP) is 2.30. The van der Waals surface area contributed by atoms with Gasteiger partial charge in [0, 0.05) is 12.0 Å². The van der Waals surface area contributed by atoms with Gasteiger partial charge >= 0.3 is 5.69 Å². The highest BCUT2D eigenvalue weighted by Gasteiger charge is 2.15. The van der Waals surface area contributed by atoms with Crippen LogP contribution in [0.3, 0.4) is 0 Å². The molecule has 6 heteroatoms. The molecule has 0 amide bonds. The first kappa shape index (κ1) is 14.1. The van der Waals surface area contributed by atoms with Gasteiger partial charge in [0.25, 0.3) is 0 Å². The van der Waals surface area contributed by atoms with E-state index in [1.54, 1.807) is 19.2 Å². The smallest absolute Gasteiger partial charge is 0.348 e. The molecule has 1 aromatic heterocycles. The number of nitrogens with zero attached hydrogens (tertiary/aromatic N) is 2. The Morgan fingerprint density at radius 2 is 1.91 bits per heavy atom. The first-order chi connectivity index (χ1) is 10.7. The van der Waals surface area contributed by atoms with E-state index >= 15 is 0 Å². The van der Waals surface area contributed by atoms with Crippen LogP contribution in [-0.2, 0) is 6.42 Å². The number of ether oxygens (including phenoxy) is 1. The predicted molar refractivity (Wildman–Crippen MR) is 79.9 cm³/mol. The molecule has 0 aliphatic carbocycles. The molecule has 0 radical (unpaired) electrons. The summed E-state index contributed by atoms with van der Waals surface area (Å²) in [6.45, 7) is 0. The van der Waals surface area contributed by atoms with Crippen molar-refractivity contribution < 1.29 is 9.13 Å². The van der Waals surface area contributed by atoms with Gasteiger partial charge in [-0.3, -0.25) is 0 Å². The molecule has 0 spiro atoms. The average molecular weight is 299 g/mol. The summed E-state index contributed by atoms with van der Waals surface area (Å²) in [6, 6.07) is 13.5. The highest BCUT2D eigenvalue weighted by Crippen LogP contribution is 2.21. The highest BCUT2D eigenvalue weighted by atomic mass is 19.1. The molecule has 0 bridgehead atoms. The third kappa shape index (κ3) is 2.50. The first-order valence-electron chi connectivity index (χ1n) is 6.74. The lowest BCUT2D eigenvalue weighted by atomic mass is 10.1. The van der Waals surface area contributed by atoms with Crippen molar-refractivity contribution in [3.05, 3.63) is 76.2 Å². The monoisotopic (exact) mass is 299 g/mol. The SMILES string of the molecule is COc1ccccc1Cc1n[nH]c(=O)n1-c1ccccc1F. The first-order valence-corrected chi connectivity index (χ1v) is 6.74. The quantitative estimate of drug-likeness (QED) is 0.804. The van der Waals surface area contributed by atoms with Gasteiger partial charge in [-0.15, -0.1) is 0 Å². The minimum absolute atomic E-state index is 0.172. The molecule has 22 heavy (non-hydrogen) atoms. The Kier molecular flexibility index (Phi) is 3.74. The molecule has 1 heterocycles. The van der Waals surface area contributed by atoms with Crippen molar-refractivity contribution in [3.63, 3.8) is 0 Å². The van der Waals surface area contributed by atoms with Crippen LogP contribution in [0.4, 0.5) is 4.39 Å². The summed E-state index contributed by atoms with van der Waals surface area (Å²) in [5.41, 5.74) is 0.558. The summed E-state index contributed by atoms with van der Waals surface area (Å²) in [6.07, 6.45) is 0.344. The third-order valence-corrected chi connectivity index (χ3v) is 3.38. The van der Waals surface area contributed by atoms with Crippen LogP contribution >= 0.6 is 0 Å². The highest BCUT2D eigenvalue weighted by molar-refractivity contribution is 5.38. The Hall–Kier alpha value is -2.89. The molecule has 0 saturated heterocycles. The lowest BCUT2D eigenvalue weighted by molar-refractivity contribution is 0.410. The van der Waals surface area contributed by atoms with Crippen molar-refractivity contribution in [2.75, 3.05) is 7.11 Å². The normalized spacial score (nSPS) is 10.6. The van der Waals surface area contributed by atoms with Crippen LogP contribution in [-0.4, -0.2) is 21.9 Å². The minimum Gasteiger partial charge on any atom is -0.496 e. The summed E-state index contributed by atoms with van der Waals surface area (Å²) in [4.78, 5) is 12.0. The second-order valence-corrected chi connectivity index (χ2v) is 4.72. The summed E-state index contributed by atoms with van der Waals surface area (Å²) in [5.74, 6) is 0.630. The maximum atomic E-state index is 14.0. The van der Waals surface area contributed by atoms with E-state index in [1.165, 1.54) is 16.7 Å². The van der Waals surface area contributed by atoms with E-state index in [0.717, 1.165) is 5.56 Å². The van der Waals surface area contributed by atoms with Crippen molar-refractivity contribution in [3.8, 4) is 11.4 Å². The van der Waals surface area contributed by atoms with Gasteiger partial charge in [0.05, 0.1) is 12.8 Å². The van der Waals surface area contributed by atoms with Crippen LogP contribution in [0.15, 0.2) is 53.3 Å². The van der Waals surface area contributed by atoms with E-state index in [1.807, 2.05) is 24.3 Å². The Labute approximate surface area is 126 Å². The fourth-order valence-corrected chi connectivity index (χ4v) is 2.35. The van der Waals surface area contributed by atoms with Gasteiger partial charge in [-0.25, -0.2) is 18.9 Å². The van der Waals surface area contributed by atoms with Crippen LogP contribution in [0.1, 0.15) is 11.4 Å². The summed E-state index contributed by atoms with van der Waals surface area (Å²) < 4.78 is 20.5. The molecule has 5 nitrogen and oxygen atoms in total. The van der Waals surface area contributed by atoms with E-state index in [2.05, 4.69) is 10.2 Å². The van der Waals surface area contributed by atoms with Gasteiger partial charge in [0.15, 0.2) is 0 Å². The van der Waals surface area contributed by atoms with Crippen LogP contribution in [0.25, 0.3) is 5.69 Å². The molecule has 0 aliphatic rings. The molecule has 0 unspecified atom stereocenters. The van der Waals surface area contributed by atoms with Crippen molar-refractivity contribution in [1.29, 1.82) is 0 Å². The Balaban J connectivity index is 2.07. The fraction of sp³-hybridized carbons (Fsp3) is 0.125. The zero-order valence-electron chi connectivity index (χ0n) is 11.9. The van der Waals surface area contributed by atoms with E-state index in [-0.39, 0.29) is 5.69 Å². The molecule has 2 aromatic carbocycles. The third-order valence-electron chi connectivity index (χ3n) is 3.38. The Morgan fingerprint density at radius 1 is 1.18 bits per heavy atom. The number of benzene rings is 2. The summed E-state index contributed by atoms with van der Waals surface area (Å²) >= 11 is 0. The van der Waals surface area contributed by atoms with Gasteiger partial charge in [-0.2, -0.15) is 5.10 Å². The lowest BCUT2D eigenvalue weighted by Gasteiger charge is -2.09. The Bertz CT molecular complexity index is 854. The van der Waals surface area contributed by atoms with Gasteiger partial charge in [0.2, 0.25) is 0 Å². The zero-order valence-corrected chi connectivity index (χ0v) is 11.9. The topological polar surface area (TPSA) is 59.9 Å². The molecular formula is C16H14FN3O2. The van der Waals surface area contributed by atoms with Crippen molar-refractivity contribution in [2.24, 2.45) is 0 Å². The Morgan fingerprint density at radius 3 is 2.68 bits per heavy atom. The van der Waals surface area contributed by atoms with Crippen molar-refractivity contribution >= 4 is 0 Å². The van der Waals surface area contributed by atoms with Crippen LogP contribution in [0.5, 0.6) is 5.75 Å². The zero-order chi connectivity index (χ0) is 15.5. The fourth-order valence-electron chi connectivity index (χ4n) is 2.35. The van der Waals surface area contributed by atoms with E-state index < -0.39 is 11.5 Å². The number of H-pyrrole nitrogens is 1. The van der Waals surface area contributed by atoms with Gasteiger partial charge < -0.3 is 4.74 Å². The second kappa shape index (κ2) is 5.85. The number of para-hydroxylation sites is 2. The minimum atomic E-state index is -0.479. The van der Waals surface area contributed by atoms with Gasteiger partial charge in [-0.05, 0) is 18.2 Å². The number of halogens is 1. The number of hydrogen-bond donors (Lipinski definition) is 1. The molecule has 112 valence electrons. The van der Waals surface area contributed by atoms with Crippen LogP contribution < -0.4 is 10.4 Å². The summed E-state index contributed by atoms with van der Waals surface area (Å²) in [5, 5.41) is 6.38. The number of methoxy groups -OCH3 is 1. The molecule has 0 saturated carbocycles. The molecular weight excluding hydrogens is 285 g/mol. The lowest BCUT2D eigenvalue weighted by Crippen LogP contribution is -2.18. The second-order valence-electron chi connectivity index (χ2n) is 4.72. The molecule has 3 rings (SSSR count). The van der Waals surface area contributed by atoms with Crippen molar-refractivity contribution in [2.45, 2.75) is 6.42 Å². The van der Waals surface area contributed by atoms with Crippen molar-refractivity contribution in [1.82, 2.24) is 14.8 Å². The maximum absolute atomic E-state index is 14.0. The number of hydrogen-bond acceptors (Lipinski definition) is 3.